The number of para-hydroxylation sites is 1. The molecule has 2 nitrogen and oxygen atoms in total. The molecular weight excluding hydrogens is 220 g/mol. The van der Waals surface area contributed by atoms with Crippen LogP contribution in [-0.4, -0.2) is 13.1 Å². The van der Waals surface area contributed by atoms with Gasteiger partial charge in [0.15, 0.2) is 0 Å². The van der Waals surface area contributed by atoms with E-state index in [4.69, 9.17) is 5.73 Å². The number of rotatable bonds is 4. The molecule has 2 N–H and O–H groups in total. The van der Waals surface area contributed by atoms with Crippen molar-refractivity contribution in [2.45, 2.75) is 45.6 Å². The van der Waals surface area contributed by atoms with E-state index >= 15 is 0 Å². The first kappa shape index (κ1) is 13.4. The Morgan fingerprint density at radius 2 is 1.78 bits per heavy atom. The largest absolute Gasteiger partial charge is 0.371 e. The van der Waals surface area contributed by atoms with E-state index in [0.29, 0.717) is 5.92 Å². The molecule has 0 amide bonds. The van der Waals surface area contributed by atoms with E-state index in [1.54, 1.807) is 0 Å². The average molecular weight is 246 g/mol. The van der Waals surface area contributed by atoms with Crippen molar-refractivity contribution in [3.05, 3.63) is 29.8 Å². The summed E-state index contributed by atoms with van der Waals surface area (Å²) < 4.78 is 0. The van der Waals surface area contributed by atoms with Crippen LogP contribution in [0.5, 0.6) is 0 Å². The molecule has 0 radical (unpaired) electrons. The third kappa shape index (κ3) is 3.26. The lowest BCUT2D eigenvalue weighted by atomic mass is 9.95. The van der Waals surface area contributed by atoms with Crippen molar-refractivity contribution in [1.82, 2.24) is 0 Å². The minimum Gasteiger partial charge on any atom is -0.371 e. The maximum absolute atomic E-state index is 6.38. The molecule has 0 aromatic heterocycles. The SMILES string of the molecule is CC(C)C[C@@H](N)c1ccccc1N1CCCCC1. The molecule has 2 heteroatoms. The van der Waals surface area contributed by atoms with Gasteiger partial charge in [0.25, 0.3) is 0 Å². The Balaban J connectivity index is 2.18. The van der Waals surface area contributed by atoms with Gasteiger partial charge in [0.1, 0.15) is 0 Å². The van der Waals surface area contributed by atoms with Crippen LogP contribution < -0.4 is 10.6 Å². The zero-order chi connectivity index (χ0) is 13.0. The first-order chi connectivity index (χ1) is 8.68. The molecule has 1 heterocycles. The molecule has 1 fully saturated rings. The van der Waals surface area contributed by atoms with Gasteiger partial charge in [0.2, 0.25) is 0 Å². The summed E-state index contributed by atoms with van der Waals surface area (Å²) in [6, 6.07) is 8.86. The molecular formula is C16H26N2. The van der Waals surface area contributed by atoms with Crippen LogP contribution in [0.2, 0.25) is 0 Å². The second-order valence-electron chi connectivity index (χ2n) is 5.84. The van der Waals surface area contributed by atoms with Crippen LogP contribution in [0.3, 0.4) is 0 Å². The lowest BCUT2D eigenvalue weighted by Gasteiger charge is -2.32. The minimum absolute atomic E-state index is 0.170. The van der Waals surface area contributed by atoms with Gasteiger partial charge in [-0.25, -0.2) is 0 Å². The fourth-order valence-electron chi connectivity index (χ4n) is 2.86. The molecule has 0 bridgehead atoms. The van der Waals surface area contributed by atoms with Gasteiger partial charge in [-0.15, -0.1) is 0 Å². The Labute approximate surface area is 111 Å². The number of anilines is 1. The minimum atomic E-state index is 0.170. The first-order valence-electron chi connectivity index (χ1n) is 7.28. The van der Waals surface area contributed by atoms with Gasteiger partial charge in [0, 0.05) is 24.8 Å². The van der Waals surface area contributed by atoms with E-state index < -0.39 is 0 Å². The Bertz CT molecular complexity index is 367. The highest BCUT2D eigenvalue weighted by molar-refractivity contribution is 5.55. The van der Waals surface area contributed by atoms with Crippen LogP contribution in [0.25, 0.3) is 0 Å². The van der Waals surface area contributed by atoms with Crippen LogP contribution in [-0.2, 0) is 0 Å². The fraction of sp³-hybridized carbons (Fsp3) is 0.625. The molecule has 1 aliphatic heterocycles. The van der Waals surface area contributed by atoms with Gasteiger partial charge in [-0.1, -0.05) is 32.0 Å². The maximum Gasteiger partial charge on any atom is 0.0414 e. The molecule has 2 rings (SSSR count). The standard InChI is InChI=1S/C16H26N2/c1-13(2)12-15(17)14-8-4-5-9-16(14)18-10-6-3-7-11-18/h4-5,8-9,13,15H,3,6-7,10-12,17H2,1-2H3/t15-/m1/s1. The van der Waals surface area contributed by atoms with Gasteiger partial charge in [0.05, 0.1) is 0 Å². The summed E-state index contributed by atoms with van der Waals surface area (Å²) >= 11 is 0. The number of nitrogens with two attached hydrogens (primary N) is 1. The highest BCUT2D eigenvalue weighted by atomic mass is 15.1. The van der Waals surface area contributed by atoms with Crippen LogP contribution in [0.15, 0.2) is 24.3 Å². The molecule has 1 aromatic rings. The van der Waals surface area contributed by atoms with Crippen molar-refractivity contribution in [1.29, 1.82) is 0 Å². The third-order valence-corrected chi connectivity index (χ3v) is 3.76. The van der Waals surface area contributed by atoms with Gasteiger partial charge in [-0.2, -0.15) is 0 Å². The number of hydrogen-bond acceptors (Lipinski definition) is 2. The van der Waals surface area contributed by atoms with Gasteiger partial charge >= 0.3 is 0 Å². The summed E-state index contributed by atoms with van der Waals surface area (Å²) in [6.45, 7) is 6.85. The second-order valence-corrected chi connectivity index (χ2v) is 5.84. The number of nitrogens with zero attached hydrogens (tertiary/aromatic N) is 1. The van der Waals surface area contributed by atoms with Gasteiger partial charge < -0.3 is 10.6 Å². The molecule has 0 spiro atoms. The normalized spacial score (nSPS) is 18.1. The molecule has 0 aliphatic carbocycles. The van der Waals surface area contributed by atoms with E-state index in [1.807, 2.05) is 0 Å². The Kier molecular flexibility index (Phi) is 4.65. The zero-order valence-electron chi connectivity index (χ0n) is 11.7. The highest BCUT2D eigenvalue weighted by Gasteiger charge is 2.18. The fourth-order valence-corrected chi connectivity index (χ4v) is 2.86. The summed E-state index contributed by atoms with van der Waals surface area (Å²) in [5.74, 6) is 0.648. The summed E-state index contributed by atoms with van der Waals surface area (Å²) in [4.78, 5) is 2.51. The number of hydrogen-bond donors (Lipinski definition) is 1. The van der Waals surface area contributed by atoms with Crippen LogP contribution in [0, 0.1) is 5.92 Å². The number of benzene rings is 1. The van der Waals surface area contributed by atoms with E-state index in [2.05, 4.69) is 43.0 Å². The molecule has 1 aromatic carbocycles. The van der Waals surface area contributed by atoms with Crippen molar-refractivity contribution in [2.24, 2.45) is 11.7 Å². The van der Waals surface area contributed by atoms with E-state index in [1.165, 1.54) is 43.6 Å². The van der Waals surface area contributed by atoms with Crippen molar-refractivity contribution >= 4 is 5.69 Å². The molecule has 1 saturated heterocycles. The predicted molar refractivity (Wildman–Crippen MR) is 78.9 cm³/mol. The van der Waals surface area contributed by atoms with Crippen LogP contribution >= 0.6 is 0 Å². The smallest absolute Gasteiger partial charge is 0.0414 e. The second kappa shape index (κ2) is 6.24. The number of piperidine rings is 1. The Morgan fingerprint density at radius 3 is 2.44 bits per heavy atom. The maximum atomic E-state index is 6.38. The Morgan fingerprint density at radius 1 is 1.11 bits per heavy atom. The molecule has 0 saturated carbocycles. The van der Waals surface area contributed by atoms with Crippen molar-refractivity contribution < 1.29 is 0 Å². The average Bonchev–Trinajstić information content (AvgIpc) is 2.39. The van der Waals surface area contributed by atoms with Crippen molar-refractivity contribution in [2.75, 3.05) is 18.0 Å². The van der Waals surface area contributed by atoms with Crippen LogP contribution in [0.4, 0.5) is 5.69 Å². The first-order valence-corrected chi connectivity index (χ1v) is 7.28. The molecule has 18 heavy (non-hydrogen) atoms. The quantitative estimate of drug-likeness (QED) is 0.877. The van der Waals surface area contributed by atoms with Crippen molar-refractivity contribution in [3.8, 4) is 0 Å². The zero-order valence-corrected chi connectivity index (χ0v) is 11.7. The van der Waals surface area contributed by atoms with E-state index in [-0.39, 0.29) is 6.04 Å². The van der Waals surface area contributed by atoms with Gasteiger partial charge in [-0.3, -0.25) is 0 Å². The monoisotopic (exact) mass is 246 g/mol. The highest BCUT2D eigenvalue weighted by Crippen LogP contribution is 2.30. The Hall–Kier alpha value is -1.02. The van der Waals surface area contributed by atoms with E-state index in [9.17, 15) is 0 Å². The predicted octanol–water partition coefficient (Wildman–Crippen LogP) is 3.72. The molecule has 0 unspecified atom stereocenters. The van der Waals surface area contributed by atoms with E-state index in [0.717, 1.165) is 6.42 Å². The molecule has 100 valence electrons. The molecule has 1 aliphatic rings. The third-order valence-electron chi connectivity index (χ3n) is 3.76. The summed E-state index contributed by atoms with van der Waals surface area (Å²) in [7, 11) is 0. The van der Waals surface area contributed by atoms with Crippen LogP contribution in [0.1, 0.15) is 51.1 Å². The topological polar surface area (TPSA) is 29.3 Å². The summed E-state index contributed by atoms with van der Waals surface area (Å²) in [6.07, 6.45) is 5.06. The molecule has 1 atom stereocenters. The summed E-state index contributed by atoms with van der Waals surface area (Å²) in [5, 5.41) is 0. The van der Waals surface area contributed by atoms with Gasteiger partial charge in [-0.05, 0) is 43.2 Å². The lowest BCUT2D eigenvalue weighted by Crippen LogP contribution is -2.31. The summed E-state index contributed by atoms with van der Waals surface area (Å²) in [5.41, 5.74) is 9.07. The lowest BCUT2D eigenvalue weighted by molar-refractivity contribution is 0.506. The van der Waals surface area contributed by atoms with Crippen molar-refractivity contribution in [3.63, 3.8) is 0 Å².